The van der Waals surface area contributed by atoms with Crippen LogP contribution in [0, 0.1) is 0 Å². The van der Waals surface area contributed by atoms with Crippen LogP contribution in [-0.4, -0.2) is 54.4 Å². The Hall–Kier alpha value is -2.38. The SMILES string of the molecule is Cn1c(Cn2ccnc2)nnc1[C@@H]1CCCN(C(=O)NC2CCCCC2)C1. The number of piperidine rings is 1. The molecule has 0 aromatic carbocycles. The highest BCUT2D eigenvalue weighted by Crippen LogP contribution is 2.26. The summed E-state index contributed by atoms with van der Waals surface area (Å²) < 4.78 is 4.06. The summed E-state index contributed by atoms with van der Waals surface area (Å²) in [4.78, 5) is 18.7. The molecule has 1 saturated heterocycles. The predicted molar refractivity (Wildman–Crippen MR) is 101 cm³/mol. The third-order valence-electron chi connectivity index (χ3n) is 5.89. The molecule has 8 nitrogen and oxygen atoms in total. The number of nitrogens with zero attached hydrogens (tertiary/aromatic N) is 6. The number of carbonyl (C=O) groups excluding carboxylic acids is 1. The summed E-state index contributed by atoms with van der Waals surface area (Å²) in [6.07, 6.45) is 13.5. The summed E-state index contributed by atoms with van der Waals surface area (Å²) in [7, 11) is 2.02. The molecular formula is C19H29N7O. The lowest BCUT2D eigenvalue weighted by atomic mass is 9.95. The first kappa shape index (κ1) is 18.0. The van der Waals surface area contributed by atoms with Crippen LogP contribution in [0.4, 0.5) is 4.79 Å². The van der Waals surface area contributed by atoms with Crippen LogP contribution in [-0.2, 0) is 13.6 Å². The first-order valence-electron chi connectivity index (χ1n) is 10.1. The van der Waals surface area contributed by atoms with E-state index >= 15 is 0 Å². The normalized spacial score (nSPS) is 21.4. The van der Waals surface area contributed by atoms with E-state index in [1.54, 1.807) is 12.5 Å². The van der Waals surface area contributed by atoms with E-state index in [-0.39, 0.29) is 11.9 Å². The molecule has 146 valence electrons. The number of aromatic nitrogens is 5. The molecule has 1 saturated carbocycles. The van der Waals surface area contributed by atoms with Gasteiger partial charge in [0.05, 0.1) is 12.9 Å². The topological polar surface area (TPSA) is 80.9 Å². The van der Waals surface area contributed by atoms with Crippen LogP contribution in [0.15, 0.2) is 18.7 Å². The average Bonchev–Trinajstić information content (AvgIpc) is 3.33. The molecule has 1 N–H and O–H groups in total. The van der Waals surface area contributed by atoms with Gasteiger partial charge in [-0.25, -0.2) is 9.78 Å². The fraction of sp³-hybridized carbons (Fsp3) is 0.684. The maximum Gasteiger partial charge on any atom is 0.317 e. The molecular weight excluding hydrogens is 342 g/mol. The van der Waals surface area contributed by atoms with E-state index in [9.17, 15) is 4.79 Å². The molecule has 27 heavy (non-hydrogen) atoms. The van der Waals surface area contributed by atoms with Crippen LogP contribution in [0.2, 0.25) is 0 Å². The summed E-state index contributed by atoms with van der Waals surface area (Å²) >= 11 is 0. The summed E-state index contributed by atoms with van der Waals surface area (Å²) in [5.74, 6) is 2.12. The van der Waals surface area contributed by atoms with E-state index in [1.807, 2.05) is 22.7 Å². The standard InChI is InChI=1S/C19H29N7O/c1-24-17(13-25-11-9-20-14-25)22-23-18(24)15-6-5-10-26(12-15)19(27)21-16-7-3-2-4-8-16/h9,11,14-16H,2-8,10,12-13H2,1H3,(H,21,27)/t15-/m1/s1. The zero-order valence-electron chi connectivity index (χ0n) is 16.0. The second-order valence-corrected chi connectivity index (χ2v) is 7.84. The van der Waals surface area contributed by atoms with Crippen molar-refractivity contribution in [2.24, 2.45) is 7.05 Å². The first-order valence-corrected chi connectivity index (χ1v) is 10.1. The summed E-state index contributed by atoms with van der Waals surface area (Å²) in [5.41, 5.74) is 0. The van der Waals surface area contributed by atoms with Gasteiger partial charge >= 0.3 is 6.03 Å². The van der Waals surface area contributed by atoms with Gasteiger partial charge in [0.25, 0.3) is 0 Å². The van der Waals surface area contributed by atoms with Crippen molar-refractivity contribution in [1.29, 1.82) is 0 Å². The van der Waals surface area contributed by atoms with Crippen LogP contribution in [0.25, 0.3) is 0 Å². The van der Waals surface area contributed by atoms with E-state index in [1.165, 1.54) is 19.3 Å². The van der Waals surface area contributed by atoms with Crippen LogP contribution < -0.4 is 5.32 Å². The number of amides is 2. The third kappa shape index (κ3) is 4.14. The number of likely N-dealkylation sites (tertiary alicyclic amines) is 1. The summed E-state index contributed by atoms with van der Waals surface area (Å²) in [6, 6.07) is 0.440. The smallest absolute Gasteiger partial charge is 0.317 e. The van der Waals surface area contributed by atoms with Gasteiger partial charge in [0.1, 0.15) is 5.82 Å². The highest BCUT2D eigenvalue weighted by atomic mass is 16.2. The van der Waals surface area contributed by atoms with Crippen LogP contribution in [0.3, 0.4) is 0 Å². The van der Waals surface area contributed by atoms with Gasteiger partial charge in [0.2, 0.25) is 0 Å². The lowest BCUT2D eigenvalue weighted by Crippen LogP contribution is -2.48. The van der Waals surface area contributed by atoms with Crippen molar-refractivity contribution in [3.63, 3.8) is 0 Å². The largest absolute Gasteiger partial charge is 0.335 e. The van der Waals surface area contributed by atoms with Crippen molar-refractivity contribution in [3.8, 4) is 0 Å². The zero-order chi connectivity index (χ0) is 18.6. The second-order valence-electron chi connectivity index (χ2n) is 7.84. The number of imidazole rings is 1. The molecule has 0 radical (unpaired) electrons. The quantitative estimate of drug-likeness (QED) is 0.894. The number of hydrogen-bond donors (Lipinski definition) is 1. The van der Waals surface area contributed by atoms with Gasteiger partial charge < -0.3 is 19.4 Å². The molecule has 2 aliphatic rings. The monoisotopic (exact) mass is 371 g/mol. The van der Waals surface area contributed by atoms with Crippen molar-refractivity contribution in [1.82, 2.24) is 34.5 Å². The third-order valence-corrected chi connectivity index (χ3v) is 5.89. The van der Waals surface area contributed by atoms with Crippen LogP contribution in [0.1, 0.15) is 62.5 Å². The maximum absolute atomic E-state index is 12.7. The zero-order valence-corrected chi connectivity index (χ0v) is 16.0. The Morgan fingerprint density at radius 1 is 1.19 bits per heavy atom. The lowest BCUT2D eigenvalue weighted by Gasteiger charge is -2.34. The minimum absolute atomic E-state index is 0.0902. The molecule has 0 spiro atoms. The van der Waals surface area contributed by atoms with E-state index < -0.39 is 0 Å². The Kier molecular flexibility index (Phi) is 5.40. The molecule has 0 bridgehead atoms. The summed E-state index contributed by atoms with van der Waals surface area (Å²) in [5, 5.41) is 12.1. The number of rotatable bonds is 4. The Morgan fingerprint density at radius 2 is 2.04 bits per heavy atom. The Bertz CT molecular complexity index is 748. The van der Waals surface area contributed by atoms with E-state index in [0.29, 0.717) is 12.6 Å². The maximum atomic E-state index is 12.7. The number of urea groups is 1. The van der Waals surface area contributed by atoms with Crippen molar-refractivity contribution in [2.45, 2.75) is 63.5 Å². The fourth-order valence-corrected chi connectivity index (χ4v) is 4.30. The molecule has 2 aromatic rings. The molecule has 0 unspecified atom stereocenters. The van der Waals surface area contributed by atoms with E-state index in [4.69, 9.17) is 0 Å². The lowest BCUT2D eigenvalue weighted by molar-refractivity contribution is 0.171. The number of carbonyl (C=O) groups is 1. The predicted octanol–water partition coefficient (Wildman–Crippen LogP) is 2.28. The van der Waals surface area contributed by atoms with E-state index in [0.717, 1.165) is 50.4 Å². The minimum Gasteiger partial charge on any atom is -0.335 e. The fourth-order valence-electron chi connectivity index (χ4n) is 4.30. The van der Waals surface area contributed by atoms with Gasteiger partial charge in [-0.15, -0.1) is 10.2 Å². The molecule has 2 amide bonds. The molecule has 1 aliphatic heterocycles. The molecule has 3 heterocycles. The van der Waals surface area contributed by atoms with Gasteiger partial charge in [-0.05, 0) is 25.7 Å². The van der Waals surface area contributed by atoms with Crippen LogP contribution >= 0.6 is 0 Å². The molecule has 2 aromatic heterocycles. The second kappa shape index (κ2) is 8.10. The highest BCUT2D eigenvalue weighted by molar-refractivity contribution is 5.74. The van der Waals surface area contributed by atoms with Crippen molar-refractivity contribution >= 4 is 6.03 Å². The first-order chi connectivity index (χ1) is 13.2. The van der Waals surface area contributed by atoms with Gasteiger partial charge in [-0.3, -0.25) is 0 Å². The van der Waals surface area contributed by atoms with E-state index in [2.05, 4.69) is 25.1 Å². The minimum atomic E-state index is 0.0902. The van der Waals surface area contributed by atoms with Gasteiger partial charge in [0, 0.05) is 44.5 Å². The van der Waals surface area contributed by atoms with Crippen LogP contribution in [0.5, 0.6) is 0 Å². The molecule has 1 aliphatic carbocycles. The van der Waals surface area contributed by atoms with Crippen molar-refractivity contribution < 1.29 is 4.79 Å². The Labute approximate surface area is 160 Å². The molecule has 2 fully saturated rings. The van der Waals surface area contributed by atoms with Gasteiger partial charge in [-0.2, -0.15) is 0 Å². The van der Waals surface area contributed by atoms with Crippen molar-refractivity contribution in [3.05, 3.63) is 30.4 Å². The number of hydrogen-bond acceptors (Lipinski definition) is 4. The van der Waals surface area contributed by atoms with Gasteiger partial charge in [-0.1, -0.05) is 19.3 Å². The molecule has 4 rings (SSSR count). The number of nitrogens with one attached hydrogen (secondary N) is 1. The Balaban J connectivity index is 1.39. The molecule has 1 atom stereocenters. The van der Waals surface area contributed by atoms with Gasteiger partial charge in [0.15, 0.2) is 5.82 Å². The average molecular weight is 371 g/mol. The summed E-state index contributed by atoms with van der Waals surface area (Å²) in [6.45, 7) is 2.20. The van der Waals surface area contributed by atoms with Crippen molar-refractivity contribution in [2.75, 3.05) is 13.1 Å². The molecule has 8 heteroatoms. The highest BCUT2D eigenvalue weighted by Gasteiger charge is 2.29. The Morgan fingerprint density at radius 3 is 2.81 bits per heavy atom.